The first-order valence-electron chi connectivity index (χ1n) is 5.98. The van der Waals surface area contributed by atoms with Crippen LogP contribution in [0.3, 0.4) is 0 Å². The van der Waals surface area contributed by atoms with E-state index < -0.39 is 0 Å². The van der Waals surface area contributed by atoms with Gasteiger partial charge in [0.25, 0.3) is 0 Å². The van der Waals surface area contributed by atoms with Crippen molar-refractivity contribution in [1.29, 1.82) is 0 Å². The summed E-state index contributed by atoms with van der Waals surface area (Å²) in [5.74, 6) is 0.706. The third-order valence-corrected chi connectivity index (χ3v) is 3.30. The number of thiocarbonyl (C=S) groups is 1. The normalized spacial score (nSPS) is 11.4. The van der Waals surface area contributed by atoms with E-state index in [9.17, 15) is 0 Å². The number of benzene rings is 1. The summed E-state index contributed by atoms with van der Waals surface area (Å²) in [6.07, 6.45) is 1.72. The lowest BCUT2D eigenvalue weighted by Gasteiger charge is -2.04. The van der Waals surface area contributed by atoms with Gasteiger partial charge in [-0.25, -0.2) is 0 Å². The van der Waals surface area contributed by atoms with Gasteiger partial charge in [-0.05, 0) is 43.4 Å². The number of hydrogen-bond donors (Lipinski definition) is 2. The second-order valence-corrected chi connectivity index (χ2v) is 5.42. The van der Waals surface area contributed by atoms with E-state index in [1.807, 2.05) is 31.2 Å². The molecule has 0 spiro atoms. The molecule has 1 aromatic heterocycles. The van der Waals surface area contributed by atoms with E-state index in [1.54, 1.807) is 6.08 Å². The summed E-state index contributed by atoms with van der Waals surface area (Å²) in [4.78, 5) is 0. The molecule has 0 radical (unpaired) electrons. The molecule has 4 nitrogen and oxygen atoms in total. The molecule has 0 unspecified atom stereocenters. The first-order valence-corrected chi connectivity index (χ1v) is 7.19. The van der Waals surface area contributed by atoms with Crippen LogP contribution in [0.15, 0.2) is 50.9 Å². The Labute approximate surface area is 131 Å². The van der Waals surface area contributed by atoms with Crippen LogP contribution in [0.5, 0.6) is 0 Å². The Morgan fingerprint density at radius 3 is 3.05 bits per heavy atom. The van der Waals surface area contributed by atoms with Crippen molar-refractivity contribution >= 4 is 49.9 Å². The SMILES string of the molecule is C=CCNC(=S)N/N=C(/C)c1cc2cc(Br)ccc2o1. The van der Waals surface area contributed by atoms with E-state index >= 15 is 0 Å². The largest absolute Gasteiger partial charge is 0.455 e. The van der Waals surface area contributed by atoms with Crippen molar-refractivity contribution in [2.45, 2.75) is 6.92 Å². The maximum absolute atomic E-state index is 5.73. The van der Waals surface area contributed by atoms with Crippen molar-refractivity contribution in [1.82, 2.24) is 10.7 Å². The summed E-state index contributed by atoms with van der Waals surface area (Å²) >= 11 is 8.49. The fourth-order valence-corrected chi connectivity index (χ4v) is 2.09. The predicted molar refractivity (Wildman–Crippen MR) is 90.1 cm³/mol. The summed E-state index contributed by atoms with van der Waals surface area (Å²) in [5, 5.41) is 8.59. The Kier molecular flexibility index (Phi) is 4.92. The van der Waals surface area contributed by atoms with Gasteiger partial charge in [-0.15, -0.1) is 6.58 Å². The molecular weight excluding hydrogens is 338 g/mol. The summed E-state index contributed by atoms with van der Waals surface area (Å²) in [6, 6.07) is 7.80. The molecule has 1 aromatic carbocycles. The maximum atomic E-state index is 5.73. The molecule has 0 aliphatic rings. The third kappa shape index (κ3) is 3.68. The molecule has 104 valence electrons. The van der Waals surface area contributed by atoms with Gasteiger partial charge in [0.05, 0.1) is 0 Å². The van der Waals surface area contributed by atoms with Crippen molar-refractivity contribution in [3.8, 4) is 0 Å². The van der Waals surface area contributed by atoms with E-state index in [4.69, 9.17) is 16.6 Å². The van der Waals surface area contributed by atoms with Crippen molar-refractivity contribution in [2.75, 3.05) is 6.54 Å². The van der Waals surface area contributed by atoms with Crippen LogP contribution in [0, 0.1) is 0 Å². The molecule has 0 saturated heterocycles. The number of hydrazone groups is 1. The van der Waals surface area contributed by atoms with Crippen LogP contribution in [0.1, 0.15) is 12.7 Å². The van der Waals surface area contributed by atoms with E-state index in [1.165, 1.54) is 0 Å². The Morgan fingerprint density at radius 2 is 2.30 bits per heavy atom. The first-order chi connectivity index (χ1) is 9.60. The molecule has 0 bridgehead atoms. The van der Waals surface area contributed by atoms with Crippen molar-refractivity contribution in [3.05, 3.63) is 47.2 Å². The van der Waals surface area contributed by atoms with Crippen LogP contribution >= 0.6 is 28.1 Å². The van der Waals surface area contributed by atoms with Crippen LogP contribution < -0.4 is 10.7 Å². The van der Waals surface area contributed by atoms with E-state index in [-0.39, 0.29) is 0 Å². The molecule has 0 saturated carbocycles. The fraction of sp³-hybridized carbons (Fsp3) is 0.143. The minimum atomic E-state index is 0.447. The average molecular weight is 352 g/mol. The van der Waals surface area contributed by atoms with Crippen LogP contribution in [-0.2, 0) is 0 Å². The van der Waals surface area contributed by atoms with Crippen LogP contribution in [0.4, 0.5) is 0 Å². The van der Waals surface area contributed by atoms with Gasteiger partial charge in [-0.1, -0.05) is 22.0 Å². The summed E-state index contributed by atoms with van der Waals surface area (Å²) in [6.45, 7) is 6.06. The number of fused-ring (bicyclic) bond motifs is 1. The molecule has 2 rings (SSSR count). The quantitative estimate of drug-likeness (QED) is 0.382. The summed E-state index contributed by atoms with van der Waals surface area (Å²) < 4.78 is 6.74. The lowest BCUT2D eigenvalue weighted by atomic mass is 10.2. The molecule has 0 fully saturated rings. The summed E-state index contributed by atoms with van der Waals surface area (Å²) in [5.41, 5.74) is 4.31. The molecule has 0 amide bonds. The molecule has 0 atom stereocenters. The average Bonchev–Trinajstić information content (AvgIpc) is 2.85. The van der Waals surface area contributed by atoms with Crippen molar-refractivity contribution < 1.29 is 4.42 Å². The molecule has 20 heavy (non-hydrogen) atoms. The molecule has 6 heteroatoms. The lowest BCUT2D eigenvalue weighted by Crippen LogP contribution is -2.32. The van der Waals surface area contributed by atoms with E-state index in [0.29, 0.717) is 17.4 Å². The number of nitrogens with one attached hydrogen (secondary N) is 2. The van der Waals surface area contributed by atoms with Gasteiger partial charge >= 0.3 is 0 Å². The van der Waals surface area contributed by atoms with Crippen molar-refractivity contribution in [2.24, 2.45) is 5.10 Å². The highest BCUT2D eigenvalue weighted by molar-refractivity contribution is 9.10. The number of nitrogens with zero attached hydrogens (tertiary/aromatic N) is 1. The van der Waals surface area contributed by atoms with Crippen LogP contribution in [-0.4, -0.2) is 17.4 Å². The highest BCUT2D eigenvalue weighted by Gasteiger charge is 2.07. The molecule has 0 aliphatic carbocycles. The van der Waals surface area contributed by atoms with Gasteiger partial charge in [0.2, 0.25) is 0 Å². The smallest absolute Gasteiger partial charge is 0.187 e. The topological polar surface area (TPSA) is 49.6 Å². The number of furan rings is 1. The minimum absolute atomic E-state index is 0.447. The minimum Gasteiger partial charge on any atom is -0.455 e. The van der Waals surface area contributed by atoms with Gasteiger partial charge < -0.3 is 9.73 Å². The van der Waals surface area contributed by atoms with Crippen LogP contribution in [0.2, 0.25) is 0 Å². The zero-order valence-corrected chi connectivity index (χ0v) is 13.3. The molecular formula is C14H14BrN3OS. The number of halogens is 1. The lowest BCUT2D eigenvalue weighted by molar-refractivity contribution is 0.603. The van der Waals surface area contributed by atoms with Gasteiger partial charge in [-0.2, -0.15) is 5.10 Å². The standard InChI is InChI=1S/C14H14BrN3OS/c1-3-6-16-14(20)18-17-9(2)13-8-10-7-11(15)4-5-12(10)19-13/h3-5,7-8H,1,6H2,2H3,(H2,16,18,20)/b17-9-. The maximum Gasteiger partial charge on any atom is 0.187 e. The van der Waals surface area contributed by atoms with Gasteiger partial charge in [0.1, 0.15) is 11.3 Å². The molecule has 0 aliphatic heterocycles. The number of hydrogen-bond acceptors (Lipinski definition) is 3. The van der Waals surface area contributed by atoms with E-state index in [0.717, 1.165) is 21.2 Å². The number of rotatable bonds is 4. The van der Waals surface area contributed by atoms with Gasteiger partial charge in [0, 0.05) is 16.4 Å². The fourth-order valence-electron chi connectivity index (χ4n) is 1.59. The predicted octanol–water partition coefficient (Wildman–Crippen LogP) is 3.57. The van der Waals surface area contributed by atoms with E-state index in [2.05, 4.69) is 38.4 Å². The molecule has 2 aromatic rings. The Bertz CT molecular complexity index is 678. The van der Waals surface area contributed by atoms with Gasteiger partial charge in [0.15, 0.2) is 10.9 Å². The Balaban J connectivity index is 2.12. The highest BCUT2D eigenvalue weighted by atomic mass is 79.9. The highest BCUT2D eigenvalue weighted by Crippen LogP contribution is 2.23. The Hall–Kier alpha value is -1.66. The zero-order chi connectivity index (χ0) is 14.5. The van der Waals surface area contributed by atoms with Crippen molar-refractivity contribution in [3.63, 3.8) is 0 Å². The zero-order valence-electron chi connectivity index (χ0n) is 10.9. The second kappa shape index (κ2) is 6.67. The third-order valence-electron chi connectivity index (χ3n) is 2.57. The first kappa shape index (κ1) is 14.7. The summed E-state index contributed by atoms with van der Waals surface area (Å²) in [7, 11) is 0. The monoisotopic (exact) mass is 351 g/mol. The Morgan fingerprint density at radius 1 is 1.50 bits per heavy atom. The second-order valence-electron chi connectivity index (χ2n) is 4.10. The van der Waals surface area contributed by atoms with Gasteiger partial charge in [-0.3, -0.25) is 5.43 Å². The molecule has 2 N–H and O–H groups in total. The molecule has 1 heterocycles. The van der Waals surface area contributed by atoms with Crippen LogP contribution in [0.25, 0.3) is 11.0 Å².